The van der Waals surface area contributed by atoms with Gasteiger partial charge in [-0.3, -0.25) is 14.4 Å². The number of aromatic amines is 1. The molecule has 136 valence electrons. The molecule has 0 saturated carbocycles. The first-order chi connectivity index (χ1) is 12.5. The Morgan fingerprint density at radius 1 is 1.38 bits per heavy atom. The minimum Gasteiger partial charge on any atom is -0.324 e. The van der Waals surface area contributed by atoms with Gasteiger partial charge in [0.25, 0.3) is 5.56 Å². The Labute approximate surface area is 155 Å². The predicted molar refractivity (Wildman–Crippen MR) is 102 cm³/mol. The first-order valence-corrected chi connectivity index (χ1v) is 9.50. The molecule has 0 bridgehead atoms. The van der Waals surface area contributed by atoms with Gasteiger partial charge in [0.2, 0.25) is 11.8 Å². The van der Waals surface area contributed by atoms with Crippen LogP contribution in [-0.2, 0) is 16.0 Å². The molecule has 1 aromatic heterocycles. The van der Waals surface area contributed by atoms with Crippen molar-refractivity contribution < 1.29 is 9.59 Å². The van der Waals surface area contributed by atoms with Crippen molar-refractivity contribution >= 4 is 29.3 Å². The van der Waals surface area contributed by atoms with Gasteiger partial charge in [-0.15, -0.1) is 11.8 Å². The number of H-pyrrole nitrogens is 1. The first-order valence-electron chi connectivity index (χ1n) is 8.34. The van der Waals surface area contributed by atoms with Gasteiger partial charge < -0.3 is 15.2 Å². The largest absolute Gasteiger partial charge is 0.324 e. The number of aromatic nitrogens is 2. The summed E-state index contributed by atoms with van der Waals surface area (Å²) in [6.07, 6.45) is 0.660. The normalized spacial score (nSPS) is 16.5. The zero-order valence-corrected chi connectivity index (χ0v) is 15.4. The number of thioether (sulfide) groups is 1. The summed E-state index contributed by atoms with van der Waals surface area (Å²) in [6.45, 7) is 3.40. The van der Waals surface area contributed by atoms with Crippen molar-refractivity contribution in [2.24, 2.45) is 0 Å². The maximum atomic E-state index is 12.5. The summed E-state index contributed by atoms with van der Waals surface area (Å²) in [6, 6.07) is 8.14. The summed E-state index contributed by atoms with van der Waals surface area (Å²) in [5, 5.41) is 2.86. The molecule has 8 heteroatoms. The summed E-state index contributed by atoms with van der Waals surface area (Å²) in [4.78, 5) is 44.7. The number of rotatable bonds is 4. The van der Waals surface area contributed by atoms with Gasteiger partial charge in [0, 0.05) is 35.7 Å². The molecule has 0 spiro atoms. The van der Waals surface area contributed by atoms with Crippen LogP contribution in [0.2, 0.25) is 0 Å². The average Bonchev–Trinajstić information content (AvgIpc) is 3.11. The Bertz CT molecular complexity index is 896. The Hall–Kier alpha value is -2.61. The minimum absolute atomic E-state index is 0.109. The molecule has 1 unspecified atom stereocenters. The van der Waals surface area contributed by atoms with E-state index < -0.39 is 6.04 Å². The molecule has 2 amide bonds. The molecule has 1 aliphatic heterocycles. The van der Waals surface area contributed by atoms with Gasteiger partial charge in [0.05, 0.1) is 5.88 Å². The highest BCUT2D eigenvalue weighted by atomic mass is 32.2. The van der Waals surface area contributed by atoms with Crippen molar-refractivity contribution in [1.29, 1.82) is 0 Å². The molecule has 2 N–H and O–H groups in total. The van der Waals surface area contributed by atoms with E-state index in [0.717, 1.165) is 0 Å². The standard InChI is InChI=1S/C18H20N4O3S/c1-3-13-8-16(24)21-17(19-13)12-5-4-6-14(7-12)20-18(25)15-9-26-10-22(15)11(2)23/h4-8,15H,3,9-10H2,1-2H3,(H,20,25)(H,19,21,24). The molecule has 3 rings (SSSR count). The number of amides is 2. The monoisotopic (exact) mass is 372 g/mol. The summed E-state index contributed by atoms with van der Waals surface area (Å²) in [5.74, 6) is 1.25. The van der Waals surface area contributed by atoms with E-state index in [4.69, 9.17) is 0 Å². The van der Waals surface area contributed by atoms with Crippen LogP contribution in [0.1, 0.15) is 19.5 Å². The average molecular weight is 372 g/mol. The van der Waals surface area contributed by atoms with Crippen LogP contribution in [0, 0.1) is 0 Å². The van der Waals surface area contributed by atoms with E-state index in [9.17, 15) is 14.4 Å². The number of hydrogen-bond acceptors (Lipinski definition) is 5. The molecule has 2 aromatic rings. The number of nitrogens with one attached hydrogen (secondary N) is 2. The lowest BCUT2D eigenvalue weighted by Crippen LogP contribution is -2.43. The molecule has 1 atom stereocenters. The molecule has 0 aliphatic carbocycles. The zero-order chi connectivity index (χ0) is 18.7. The second-order valence-electron chi connectivity index (χ2n) is 6.01. The molecular weight excluding hydrogens is 352 g/mol. The molecule has 1 aliphatic rings. The second-order valence-corrected chi connectivity index (χ2v) is 7.01. The highest BCUT2D eigenvalue weighted by molar-refractivity contribution is 7.99. The van der Waals surface area contributed by atoms with Gasteiger partial charge in [-0.25, -0.2) is 4.98 Å². The molecule has 0 radical (unpaired) electrons. The predicted octanol–water partition coefficient (Wildman–Crippen LogP) is 1.86. The van der Waals surface area contributed by atoms with Gasteiger partial charge in [-0.1, -0.05) is 19.1 Å². The third kappa shape index (κ3) is 3.96. The van der Waals surface area contributed by atoms with Gasteiger partial charge in [-0.05, 0) is 18.6 Å². The Morgan fingerprint density at radius 2 is 2.19 bits per heavy atom. The van der Waals surface area contributed by atoms with Crippen LogP contribution in [-0.4, -0.2) is 44.4 Å². The molecule has 1 aromatic carbocycles. The number of anilines is 1. The molecule has 2 heterocycles. The van der Waals surface area contributed by atoms with Crippen molar-refractivity contribution in [2.75, 3.05) is 16.9 Å². The van der Waals surface area contributed by atoms with Crippen molar-refractivity contribution in [1.82, 2.24) is 14.9 Å². The van der Waals surface area contributed by atoms with E-state index in [-0.39, 0.29) is 17.4 Å². The first kappa shape index (κ1) is 18.2. The zero-order valence-electron chi connectivity index (χ0n) is 14.6. The van der Waals surface area contributed by atoms with E-state index in [1.165, 1.54) is 13.0 Å². The molecule has 26 heavy (non-hydrogen) atoms. The quantitative estimate of drug-likeness (QED) is 0.854. The van der Waals surface area contributed by atoms with Gasteiger partial charge in [-0.2, -0.15) is 0 Å². The highest BCUT2D eigenvalue weighted by Crippen LogP contribution is 2.23. The lowest BCUT2D eigenvalue weighted by atomic mass is 10.1. The highest BCUT2D eigenvalue weighted by Gasteiger charge is 2.32. The van der Waals surface area contributed by atoms with Crippen molar-refractivity contribution in [3.05, 3.63) is 46.4 Å². The summed E-state index contributed by atoms with van der Waals surface area (Å²) < 4.78 is 0. The van der Waals surface area contributed by atoms with E-state index in [2.05, 4.69) is 15.3 Å². The van der Waals surface area contributed by atoms with Crippen LogP contribution in [0.15, 0.2) is 35.1 Å². The van der Waals surface area contributed by atoms with E-state index >= 15 is 0 Å². The number of nitrogens with zero attached hydrogens (tertiary/aromatic N) is 2. The van der Waals surface area contributed by atoms with Crippen LogP contribution >= 0.6 is 11.8 Å². The molecular formula is C18H20N4O3S. The van der Waals surface area contributed by atoms with Crippen LogP contribution in [0.3, 0.4) is 0 Å². The maximum absolute atomic E-state index is 12.5. The summed E-state index contributed by atoms with van der Waals surface area (Å²) in [7, 11) is 0. The lowest BCUT2D eigenvalue weighted by molar-refractivity contribution is -0.134. The van der Waals surface area contributed by atoms with Crippen LogP contribution in [0.25, 0.3) is 11.4 Å². The fraction of sp³-hybridized carbons (Fsp3) is 0.333. The van der Waals surface area contributed by atoms with Crippen LogP contribution in [0.5, 0.6) is 0 Å². The van der Waals surface area contributed by atoms with Crippen LogP contribution < -0.4 is 10.9 Å². The maximum Gasteiger partial charge on any atom is 0.251 e. The van der Waals surface area contributed by atoms with Gasteiger partial charge in [0.1, 0.15) is 11.9 Å². The third-order valence-corrected chi connectivity index (χ3v) is 5.16. The molecule has 1 fully saturated rings. The number of aryl methyl sites for hydroxylation is 1. The van der Waals surface area contributed by atoms with E-state index in [1.807, 2.05) is 13.0 Å². The lowest BCUT2D eigenvalue weighted by Gasteiger charge is -2.21. The summed E-state index contributed by atoms with van der Waals surface area (Å²) >= 11 is 1.56. The van der Waals surface area contributed by atoms with Gasteiger partial charge in [0.15, 0.2) is 0 Å². The fourth-order valence-corrected chi connectivity index (χ4v) is 3.98. The Kier molecular flexibility index (Phi) is 5.41. The second kappa shape index (κ2) is 7.74. The third-order valence-electron chi connectivity index (χ3n) is 4.15. The fourth-order valence-electron chi connectivity index (χ4n) is 2.77. The minimum atomic E-state index is -0.470. The number of carbonyl (C=O) groups is 2. The molecule has 1 saturated heterocycles. The van der Waals surface area contributed by atoms with E-state index in [0.29, 0.717) is 40.8 Å². The van der Waals surface area contributed by atoms with E-state index in [1.54, 1.807) is 34.9 Å². The van der Waals surface area contributed by atoms with Gasteiger partial charge >= 0.3 is 0 Å². The van der Waals surface area contributed by atoms with Crippen molar-refractivity contribution in [3.63, 3.8) is 0 Å². The number of carbonyl (C=O) groups excluding carboxylic acids is 2. The van der Waals surface area contributed by atoms with Crippen molar-refractivity contribution in [2.45, 2.75) is 26.3 Å². The molecule has 7 nitrogen and oxygen atoms in total. The number of hydrogen-bond donors (Lipinski definition) is 2. The Balaban J connectivity index is 1.82. The smallest absolute Gasteiger partial charge is 0.251 e. The summed E-state index contributed by atoms with van der Waals surface area (Å²) in [5.41, 5.74) is 1.80. The van der Waals surface area contributed by atoms with Crippen molar-refractivity contribution in [3.8, 4) is 11.4 Å². The topological polar surface area (TPSA) is 95.2 Å². The SMILES string of the molecule is CCc1cc(=O)[nH]c(-c2cccc(NC(=O)C3CSCN3C(C)=O)c2)n1. The Morgan fingerprint density at radius 3 is 2.92 bits per heavy atom. The van der Waals surface area contributed by atoms with Crippen LogP contribution in [0.4, 0.5) is 5.69 Å². The number of benzene rings is 1.